The number of hydrogen-bond acceptors (Lipinski definition) is 4. The lowest BCUT2D eigenvalue weighted by Crippen LogP contribution is -2.40. The van der Waals surface area contributed by atoms with Crippen molar-refractivity contribution in [2.45, 2.75) is 31.7 Å². The molecule has 2 amide bonds. The van der Waals surface area contributed by atoms with Crippen molar-refractivity contribution in [2.24, 2.45) is 0 Å². The summed E-state index contributed by atoms with van der Waals surface area (Å²) in [7, 11) is 0. The first kappa shape index (κ1) is 11.5. The Labute approximate surface area is 95.0 Å². The monoisotopic (exact) mass is 226 g/mol. The van der Waals surface area contributed by atoms with Gasteiger partial charge >= 0.3 is 0 Å². The Morgan fingerprint density at radius 2 is 1.88 bits per heavy atom. The molecule has 2 fully saturated rings. The number of aliphatic hydroxyl groups excluding tert-OH is 1. The van der Waals surface area contributed by atoms with E-state index in [0.29, 0.717) is 25.9 Å². The minimum absolute atomic E-state index is 0.0512. The lowest BCUT2D eigenvalue weighted by Gasteiger charge is -2.24. The van der Waals surface area contributed by atoms with Gasteiger partial charge in [0.15, 0.2) is 0 Å². The fourth-order valence-corrected chi connectivity index (χ4v) is 2.50. The summed E-state index contributed by atoms with van der Waals surface area (Å²) in [6.07, 6.45) is 2.83. The van der Waals surface area contributed by atoms with E-state index < -0.39 is 0 Å². The maximum atomic E-state index is 11.4. The van der Waals surface area contributed by atoms with E-state index in [1.165, 1.54) is 4.90 Å². The molecule has 2 aliphatic heterocycles. The zero-order valence-corrected chi connectivity index (χ0v) is 9.39. The zero-order chi connectivity index (χ0) is 11.5. The normalized spacial score (nSPS) is 27.1. The van der Waals surface area contributed by atoms with Crippen LogP contribution >= 0.6 is 0 Å². The third-order valence-electron chi connectivity index (χ3n) is 3.48. The van der Waals surface area contributed by atoms with E-state index in [0.717, 1.165) is 19.4 Å². The topological polar surface area (TPSA) is 60.9 Å². The van der Waals surface area contributed by atoms with Gasteiger partial charge in [0, 0.05) is 32.0 Å². The fourth-order valence-electron chi connectivity index (χ4n) is 2.50. The molecule has 5 nitrogen and oxygen atoms in total. The maximum Gasteiger partial charge on any atom is 0.229 e. The van der Waals surface area contributed by atoms with Crippen LogP contribution in [0, 0.1) is 0 Å². The highest BCUT2D eigenvalue weighted by atomic mass is 16.3. The van der Waals surface area contributed by atoms with Crippen molar-refractivity contribution in [3.05, 3.63) is 0 Å². The Balaban J connectivity index is 1.82. The first-order chi connectivity index (χ1) is 7.72. The molecule has 2 saturated heterocycles. The Morgan fingerprint density at radius 3 is 2.50 bits per heavy atom. The number of carbonyl (C=O) groups excluding carboxylic acids is 2. The lowest BCUT2D eigenvalue weighted by molar-refractivity contribution is -0.138. The molecule has 0 saturated carbocycles. The molecule has 5 heteroatoms. The van der Waals surface area contributed by atoms with Crippen molar-refractivity contribution in [3.8, 4) is 0 Å². The van der Waals surface area contributed by atoms with Crippen molar-refractivity contribution < 1.29 is 14.7 Å². The third-order valence-corrected chi connectivity index (χ3v) is 3.48. The summed E-state index contributed by atoms with van der Waals surface area (Å²) in [6.45, 7) is 2.31. The summed E-state index contributed by atoms with van der Waals surface area (Å²) in [5.41, 5.74) is 0. The van der Waals surface area contributed by atoms with Crippen LogP contribution in [0.25, 0.3) is 0 Å². The van der Waals surface area contributed by atoms with Crippen molar-refractivity contribution >= 4 is 11.8 Å². The second-order valence-electron chi connectivity index (χ2n) is 4.45. The highest BCUT2D eigenvalue weighted by Crippen LogP contribution is 2.17. The fraction of sp³-hybridized carbons (Fsp3) is 0.818. The van der Waals surface area contributed by atoms with Crippen LogP contribution in [0.2, 0.25) is 0 Å². The van der Waals surface area contributed by atoms with Crippen LogP contribution in [-0.4, -0.2) is 59.0 Å². The molecule has 0 aromatic carbocycles. The Hall–Kier alpha value is -0.940. The maximum absolute atomic E-state index is 11.4. The molecule has 2 heterocycles. The number of imide groups is 1. The van der Waals surface area contributed by atoms with Crippen LogP contribution in [0.15, 0.2) is 0 Å². The van der Waals surface area contributed by atoms with Gasteiger partial charge in [-0.3, -0.25) is 19.4 Å². The van der Waals surface area contributed by atoms with Crippen molar-refractivity contribution in [1.29, 1.82) is 0 Å². The van der Waals surface area contributed by atoms with Gasteiger partial charge in [-0.1, -0.05) is 0 Å². The van der Waals surface area contributed by atoms with Crippen molar-refractivity contribution in [3.63, 3.8) is 0 Å². The second kappa shape index (κ2) is 4.93. The molecular weight excluding hydrogens is 208 g/mol. The number of amides is 2. The molecule has 0 radical (unpaired) electrons. The lowest BCUT2D eigenvalue weighted by atomic mass is 10.2. The number of rotatable bonds is 4. The summed E-state index contributed by atoms with van der Waals surface area (Å²) in [5.74, 6) is -0.102. The molecule has 90 valence electrons. The number of nitrogens with zero attached hydrogens (tertiary/aromatic N) is 2. The SMILES string of the molecule is O=C1CCC(=O)N1CCN1CCC[C@H]1CO. The van der Waals surface area contributed by atoms with Crippen LogP contribution in [0.4, 0.5) is 0 Å². The van der Waals surface area contributed by atoms with Gasteiger partial charge in [0.25, 0.3) is 0 Å². The van der Waals surface area contributed by atoms with E-state index in [2.05, 4.69) is 4.90 Å². The predicted octanol–water partition coefficient (Wildman–Crippen LogP) is -0.408. The Kier molecular flexibility index (Phi) is 3.56. The summed E-state index contributed by atoms with van der Waals surface area (Å²) in [5, 5.41) is 9.14. The molecule has 1 atom stereocenters. The van der Waals surface area contributed by atoms with Crippen LogP contribution in [-0.2, 0) is 9.59 Å². The molecule has 0 aliphatic carbocycles. The highest BCUT2D eigenvalue weighted by molar-refractivity contribution is 6.01. The number of carbonyl (C=O) groups is 2. The number of likely N-dealkylation sites (tertiary alicyclic amines) is 2. The van der Waals surface area contributed by atoms with Gasteiger partial charge in [-0.25, -0.2) is 0 Å². The van der Waals surface area contributed by atoms with Crippen LogP contribution in [0.1, 0.15) is 25.7 Å². The average molecular weight is 226 g/mol. The van der Waals surface area contributed by atoms with Gasteiger partial charge in [0.2, 0.25) is 11.8 Å². The third kappa shape index (κ3) is 2.25. The largest absolute Gasteiger partial charge is 0.395 e. The van der Waals surface area contributed by atoms with Gasteiger partial charge in [-0.2, -0.15) is 0 Å². The van der Waals surface area contributed by atoms with Crippen LogP contribution < -0.4 is 0 Å². The first-order valence-corrected chi connectivity index (χ1v) is 5.90. The van der Waals surface area contributed by atoms with Gasteiger partial charge in [0.1, 0.15) is 0 Å². The summed E-state index contributed by atoms with van der Waals surface area (Å²) >= 11 is 0. The minimum Gasteiger partial charge on any atom is -0.395 e. The molecule has 0 aromatic heterocycles. The molecule has 2 aliphatic rings. The van der Waals surface area contributed by atoms with E-state index in [1.807, 2.05) is 0 Å². The van der Waals surface area contributed by atoms with Gasteiger partial charge < -0.3 is 5.11 Å². The smallest absolute Gasteiger partial charge is 0.229 e. The van der Waals surface area contributed by atoms with E-state index in [-0.39, 0.29) is 24.5 Å². The number of hydrogen-bond donors (Lipinski definition) is 1. The molecule has 2 rings (SSSR count). The summed E-state index contributed by atoms with van der Waals surface area (Å²) < 4.78 is 0. The Bertz CT molecular complexity index is 277. The molecule has 0 aromatic rings. The van der Waals surface area contributed by atoms with Crippen molar-refractivity contribution in [2.75, 3.05) is 26.2 Å². The summed E-state index contributed by atoms with van der Waals surface area (Å²) in [4.78, 5) is 26.3. The first-order valence-electron chi connectivity index (χ1n) is 5.90. The molecular formula is C11H18N2O3. The quantitative estimate of drug-likeness (QED) is 0.662. The van der Waals surface area contributed by atoms with E-state index >= 15 is 0 Å². The van der Waals surface area contributed by atoms with Gasteiger partial charge in [-0.15, -0.1) is 0 Å². The van der Waals surface area contributed by atoms with Gasteiger partial charge in [-0.05, 0) is 19.4 Å². The van der Waals surface area contributed by atoms with Gasteiger partial charge in [0.05, 0.1) is 6.61 Å². The molecule has 0 bridgehead atoms. The van der Waals surface area contributed by atoms with Crippen LogP contribution in [0.5, 0.6) is 0 Å². The summed E-state index contributed by atoms with van der Waals surface area (Å²) in [6, 6.07) is 0.216. The van der Waals surface area contributed by atoms with E-state index in [4.69, 9.17) is 5.11 Å². The second-order valence-corrected chi connectivity index (χ2v) is 4.45. The standard InChI is InChI=1S/C11H18N2O3/c14-8-9-2-1-5-12(9)6-7-13-10(15)3-4-11(13)16/h9,14H,1-8H2/t9-/m0/s1. The molecule has 16 heavy (non-hydrogen) atoms. The van der Waals surface area contributed by atoms with Crippen molar-refractivity contribution in [1.82, 2.24) is 9.80 Å². The van der Waals surface area contributed by atoms with Crippen LogP contribution in [0.3, 0.4) is 0 Å². The highest BCUT2D eigenvalue weighted by Gasteiger charge is 2.30. The van der Waals surface area contributed by atoms with E-state index in [9.17, 15) is 9.59 Å². The average Bonchev–Trinajstić information content (AvgIpc) is 2.84. The predicted molar refractivity (Wildman–Crippen MR) is 57.6 cm³/mol. The molecule has 1 N–H and O–H groups in total. The number of aliphatic hydroxyl groups is 1. The zero-order valence-electron chi connectivity index (χ0n) is 9.39. The molecule has 0 spiro atoms. The Morgan fingerprint density at radius 1 is 1.19 bits per heavy atom. The minimum atomic E-state index is -0.0512. The van der Waals surface area contributed by atoms with E-state index in [1.54, 1.807) is 0 Å². The molecule has 0 unspecified atom stereocenters.